The molecule has 2 aromatic carbocycles. The zero-order valence-electron chi connectivity index (χ0n) is 14.3. The molecule has 26 heavy (non-hydrogen) atoms. The van der Waals surface area contributed by atoms with E-state index in [0.717, 1.165) is 19.3 Å². The number of non-ortho nitro benzene ring substituents is 1. The Morgan fingerprint density at radius 2 is 1.58 bits per heavy atom. The van der Waals surface area contributed by atoms with Crippen LogP contribution in [0.4, 0.5) is 5.69 Å². The topological polar surface area (TPSA) is 95.7 Å². The number of rotatable bonds is 8. The molecule has 0 spiro atoms. The van der Waals surface area contributed by atoms with Gasteiger partial charge in [-0.1, -0.05) is 31.9 Å². The summed E-state index contributed by atoms with van der Waals surface area (Å²) in [5.41, 5.74) is 0.0862. The quantitative estimate of drug-likeness (QED) is 0.231. The van der Waals surface area contributed by atoms with Gasteiger partial charge in [0.05, 0.1) is 22.7 Å². The third-order valence-corrected chi connectivity index (χ3v) is 3.61. The van der Waals surface area contributed by atoms with Gasteiger partial charge in [0.2, 0.25) is 0 Å². The molecule has 0 bridgehead atoms. The minimum absolute atomic E-state index is 0.0753. The molecule has 7 heteroatoms. The Labute approximate surface area is 150 Å². The van der Waals surface area contributed by atoms with Gasteiger partial charge in [0.1, 0.15) is 5.75 Å². The lowest BCUT2D eigenvalue weighted by molar-refractivity contribution is -0.384. The van der Waals surface area contributed by atoms with Crippen LogP contribution in [0, 0.1) is 10.1 Å². The summed E-state index contributed by atoms with van der Waals surface area (Å²) >= 11 is 0. The molecule has 0 aliphatic carbocycles. The number of nitro benzene ring substituents is 1. The molecule has 0 fully saturated rings. The predicted molar refractivity (Wildman–Crippen MR) is 94.3 cm³/mol. The maximum atomic E-state index is 12.4. The number of esters is 2. The largest absolute Gasteiger partial charge is 0.462 e. The minimum Gasteiger partial charge on any atom is -0.462 e. The molecule has 2 aromatic rings. The standard InChI is InChI=1S/C19H19NO6/c1-2-3-6-13-25-18(21)16-7-4-5-8-17(16)19(22)26-15-11-9-14(10-12-15)20(23)24/h4-5,7-12H,2-3,6,13H2,1H3. The summed E-state index contributed by atoms with van der Waals surface area (Å²) in [7, 11) is 0. The lowest BCUT2D eigenvalue weighted by atomic mass is 10.1. The van der Waals surface area contributed by atoms with Crippen LogP contribution >= 0.6 is 0 Å². The summed E-state index contributed by atoms with van der Waals surface area (Å²) in [6.45, 7) is 2.34. The first kappa shape index (κ1) is 19.1. The van der Waals surface area contributed by atoms with E-state index in [0.29, 0.717) is 6.61 Å². The van der Waals surface area contributed by atoms with Crippen LogP contribution in [0.3, 0.4) is 0 Å². The first-order valence-electron chi connectivity index (χ1n) is 8.25. The summed E-state index contributed by atoms with van der Waals surface area (Å²) < 4.78 is 10.4. The van der Waals surface area contributed by atoms with E-state index >= 15 is 0 Å². The monoisotopic (exact) mass is 357 g/mol. The van der Waals surface area contributed by atoms with Crippen LogP contribution in [0.25, 0.3) is 0 Å². The molecule has 0 aliphatic rings. The molecule has 2 rings (SSSR count). The van der Waals surface area contributed by atoms with Gasteiger partial charge in [-0.2, -0.15) is 0 Å². The van der Waals surface area contributed by atoms with E-state index in [2.05, 4.69) is 0 Å². The van der Waals surface area contributed by atoms with Crippen molar-refractivity contribution in [2.24, 2.45) is 0 Å². The van der Waals surface area contributed by atoms with Crippen molar-refractivity contribution in [1.29, 1.82) is 0 Å². The van der Waals surface area contributed by atoms with E-state index in [1.807, 2.05) is 6.92 Å². The van der Waals surface area contributed by atoms with Crippen LogP contribution in [0.5, 0.6) is 5.75 Å². The molecule has 0 amide bonds. The maximum absolute atomic E-state index is 12.4. The Morgan fingerprint density at radius 3 is 2.15 bits per heavy atom. The molecule has 0 N–H and O–H groups in total. The highest BCUT2D eigenvalue weighted by Crippen LogP contribution is 2.20. The molecule has 0 heterocycles. The van der Waals surface area contributed by atoms with Crippen molar-refractivity contribution < 1.29 is 24.0 Å². The molecule has 0 radical (unpaired) electrons. The number of nitrogens with zero attached hydrogens (tertiary/aromatic N) is 1. The number of nitro groups is 1. The van der Waals surface area contributed by atoms with Gasteiger partial charge >= 0.3 is 11.9 Å². The third kappa shape index (κ3) is 5.14. The van der Waals surface area contributed by atoms with E-state index in [9.17, 15) is 19.7 Å². The normalized spacial score (nSPS) is 10.2. The average Bonchev–Trinajstić information content (AvgIpc) is 2.65. The highest BCUT2D eigenvalue weighted by Gasteiger charge is 2.19. The Bertz CT molecular complexity index is 785. The van der Waals surface area contributed by atoms with E-state index < -0.39 is 16.9 Å². The summed E-state index contributed by atoms with van der Waals surface area (Å²) in [6.07, 6.45) is 2.73. The summed E-state index contributed by atoms with van der Waals surface area (Å²) in [4.78, 5) is 34.7. The molecular weight excluding hydrogens is 338 g/mol. The van der Waals surface area contributed by atoms with E-state index in [4.69, 9.17) is 9.47 Å². The second kappa shape index (κ2) is 9.31. The number of unbranched alkanes of at least 4 members (excludes halogenated alkanes) is 2. The SMILES string of the molecule is CCCCCOC(=O)c1ccccc1C(=O)Oc1ccc([N+](=O)[O-])cc1. The maximum Gasteiger partial charge on any atom is 0.344 e. The zero-order valence-corrected chi connectivity index (χ0v) is 14.3. The number of benzene rings is 2. The summed E-state index contributed by atoms with van der Waals surface area (Å²) in [5, 5.41) is 10.6. The fourth-order valence-corrected chi connectivity index (χ4v) is 2.23. The van der Waals surface area contributed by atoms with Crippen molar-refractivity contribution in [2.75, 3.05) is 6.61 Å². The van der Waals surface area contributed by atoms with Gasteiger partial charge < -0.3 is 9.47 Å². The fraction of sp³-hybridized carbons (Fsp3) is 0.263. The van der Waals surface area contributed by atoms with Crippen LogP contribution in [0.15, 0.2) is 48.5 Å². The molecule has 136 valence electrons. The van der Waals surface area contributed by atoms with Gasteiger partial charge in [0.15, 0.2) is 0 Å². The summed E-state index contributed by atoms with van der Waals surface area (Å²) in [5.74, 6) is -1.18. The number of hydrogen-bond donors (Lipinski definition) is 0. The van der Waals surface area contributed by atoms with Crippen molar-refractivity contribution in [3.8, 4) is 5.75 Å². The Balaban J connectivity index is 2.09. The number of carbonyl (C=O) groups is 2. The highest BCUT2D eigenvalue weighted by atomic mass is 16.6. The molecule has 0 saturated heterocycles. The average molecular weight is 357 g/mol. The van der Waals surface area contributed by atoms with Gasteiger partial charge in [-0.25, -0.2) is 9.59 Å². The number of ether oxygens (including phenoxy) is 2. The van der Waals surface area contributed by atoms with E-state index in [1.165, 1.54) is 36.4 Å². The van der Waals surface area contributed by atoms with Crippen molar-refractivity contribution in [1.82, 2.24) is 0 Å². The highest BCUT2D eigenvalue weighted by molar-refractivity contribution is 6.03. The Kier molecular flexibility index (Phi) is 6.84. The van der Waals surface area contributed by atoms with E-state index in [-0.39, 0.29) is 22.6 Å². The Morgan fingerprint density at radius 1 is 0.962 bits per heavy atom. The van der Waals surface area contributed by atoms with Crippen molar-refractivity contribution in [3.05, 3.63) is 69.8 Å². The molecule has 0 atom stereocenters. The first-order chi connectivity index (χ1) is 12.5. The third-order valence-electron chi connectivity index (χ3n) is 3.61. The first-order valence-corrected chi connectivity index (χ1v) is 8.25. The second-order valence-corrected chi connectivity index (χ2v) is 5.53. The molecular formula is C19H19NO6. The molecule has 0 aromatic heterocycles. The van der Waals surface area contributed by atoms with Crippen LogP contribution in [0.1, 0.15) is 46.9 Å². The van der Waals surface area contributed by atoms with Crippen LogP contribution in [-0.4, -0.2) is 23.5 Å². The molecule has 0 unspecified atom stereocenters. The Hall–Kier alpha value is -3.22. The predicted octanol–water partition coefficient (Wildman–Crippen LogP) is 4.16. The van der Waals surface area contributed by atoms with Gasteiger partial charge in [0, 0.05) is 12.1 Å². The number of hydrogen-bond acceptors (Lipinski definition) is 6. The minimum atomic E-state index is -0.736. The molecule has 0 saturated carbocycles. The zero-order chi connectivity index (χ0) is 18.9. The van der Waals surface area contributed by atoms with Crippen LogP contribution < -0.4 is 4.74 Å². The molecule has 0 aliphatic heterocycles. The van der Waals surface area contributed by atoms with Crippen molar-refractivity contribution >= 4 is 17.6 Å². The number of carbonyl (C=O) groups excluding carboxylic acids is 2. The lowest BCUT2D eigenvalue weighted by Crippen LogP contribution is -2.16. The van der Waals surface area contributed by atoms with E-state index in [1.54, 1.807) is 12.1 Å². The van der Waals surface area contributed by atoms with Gasteiger partial charge in [-0.3, -0.25) is 10.1 Å². The smallest absolute Gasteiger partial charge is 0.344 e. The van der Waals surface area contributed by atoms with Crippen LogP contribution in [-0.2, 0) is 4.74 Å². The molecule has 7 nitrogen and oxygen atoms in total. The van der Waals surface area contributed by atoms with Gasteiger partial charge in [-0.15, -0.1) is 0 Å². The van der Waals surface area contributed by atoms with Gasteiger partial charge in [-0.05, 0) is 30.7 Å². The van der Waals surface area contributed by atoms with Crippen molar-refractivity contribution in [2.45, 2.75) is 26.2 Å². The van der Waals surface area contributed by atoms with Crippen LogP contribution in [0.2, 0.25) is 0 Å². The van der Waals surface area contributed by atoms with Gasteiger partial charge in [0.25, 0.3) is 5.69 Å². The lowest BCUT2D eigenvalue weighted by Gasteiger charge is -2.09. The second-order valence-electron chi connectivity index (χ2n) is 5.53. The van der Waals surface area contributed by atoms with Crippen molar-refractivity contribution in [3.63, 3.8) is 0 Å². The summed E-state index contributed by atoms with van der Waals surface area (Å²) in [6, 6.07) is 11.3. The fourth-order valence-electron chi connectivity index (χ4n) is 2.23.